The van der Waals surface area contributed by atoms with Gasteiger partial charge in [0, 0.05) is 24.7 Å². The molecule has 2 heterocycles. The Kier molecular flexibility index (Phi) is 3.51. The molecule has 1 saturated heterocycles. The van der Waals surface area contributed by atoms with Crippen LogP contribution < -0.4 is 10.1 Å². The molecule has 2 rings (SSSR count). The molecule has 1 fully saturated rings. The number of nitrogens with one attached hydrogen (secondary N) is 1. The van der Waals surface area contributed by atoms with Gasteiger partial charge < -0.3 is 10.1 Å². The predicted molar refractivity (Wildman–Crippen MR) is 55.7 cm³/mol. The largest absolute Gasteiger partial charge is 0.477 e. The zero-order valence-corrected chi connectivity index (χ0v) is 9.13. The van der Waals surface area contributed by atoms with Crippen LogP contribution >= 0.6 is 0 Å². The minimum Gasteiger partial charge on any atom is -0.477 e. The summed E-state index contributed by atoms with van der Waals surface area (Å²) in [4.78, 5) is 3.77. The molecule has 1 N–H and O–H groups in total. The monoisotopic (exact) mass is 246 g/mol. The zero-order chi connectivity index (χ0) is 12.3. The molecule has 94 valence electrons. The van der Waals surface area contributed by atoms with E-state index in [9.17, 15) is 13.2 Å². The lowest BCUT2D eigenvalue weighted by Crippen LogP contribution is -2.16. The topological polar surface area (TPSA) is 34.1 Å². The van der Waals surface area contributed by atoms with E-state index in [0.29, 0.717) is 12.5 Å². The van der Waals surface area contributed by atoms with Gasteiger partial charge in [-0.05, 0) is 19.0 Å². The van der Waals surface area contributed by atoms with Crippen LogP contribution in [0.3, 0.4) is 0 Å². The van der Waals surface area contributed by atoms with Crippen molar-refractivity contribution in [3.8, 4) is 5.88 Å². The molecular weight excluding hydrogens is 233 g/mol. The molecule has 0 amide bonds. The second kappa shape index (κ2) is 4.91. The fraction of sp³-hybridized carbons (Fsp3) is 0.545. The molecule has 1 aliphatic rings. The van der Waals surface area contributed by atoms with Crippen molar-refractivity contribution in [2.24, 2.45) is 5.92 Å². The molecule has 0 radical (unpaired) electrons. The van der Waals surface area contributed by atoms with Crippen LogP contribution in [0.4, 0.5) is 13.2 Å². The van der Waals surface area contributed by atoms with Crippen molar-refractivity contribution in [3.05, 3.63) is 23.9 Å². The molecule has 17 heavy (non-hydrogen) atoms. The van der Waals surface area contributed by atoms with Gasteiger partial charge in [-0.1, -0.05) is 0 Å². The molecule has 6 heteroatoms. The average Bonchev–Trinajstić information content (AvgIpc) is 2.78. The number of alkyl halides is 3. The number of ether oxygens (including phenoxy) is 1. The van der Waals surface area contributed by atoms with Gasteiger partial charge in [-0.15, -0.1) is 0 Å². The van der Waals surface area contributed by atoms with Crippen LogP contribution in [0.1, 0.15) is 12.0 Å². The van der Waals surface area contributed by atoms with Crippen LogP contribution in [-0.2, 0) is 6.18 Å². The van der Waals surface area contributed by atoms with E-state index in [4.69, 9.17) is 4.74 Å². The van der Waals surface area contributed by atoms with Crippen molar-refractivity contribution in [1.82, 2.24) is 10.3 Å². The lowest BCUT2D eigenvalue weighted by molar-refractivity contribution is -0.137. The maximum absolute atomic E-state index is 12.4. The standard InChI is InChI=1S/C11H13F3N2O/c12-11(13,14)9-2-4-16-10(5-9)17-7-8-1-3-15-6-8/h2,4-5,8,15H,1,3,6-7H2. The fourth-order valence-electron chi connectivity index (χ4n) is 1.72. The number of hydrogen-bond donors (Lipinski definition) is 1. The van der Waals surface area contributed by atoms with E-state index in [1.54, 1.807) is 0 Å². The van der Waals surface area contributed by atoms with Gasteiger partial charge in [-0.3, -0.25) is 0 Å². The van der Waals surface area contributed by atoms with Crippen molar-refractivity contribution in [1.29, 1.82) is 0 Å². The number of nitrogens with zero attached hydrogens (tertiary/aromatic N) is 1. The van der Waals surface area contributed by atoms with E-state index in [2.05, 4.69) is 10.3 Å². The van der Waals surface area contributed by atoms with Crippen molar-refractivity contribution in [2.75, 3.05) is 19.7 Å². The molecule has 3 nitrogen and oxygen atoms in total. The van der Waals surface area contributed by atoms with E-state index in [0.717, 1.165) is 37.8 Å². The molecule has 0 aromatic carbocycles. The summed E-state index contributed by atoms with van der Waals surface area (Å²) in [5.41, 5.74) is -0.730. The summed E-state index contributed by atoms with van der Waals surface area (Å²) < 4.78 is 42.5. The summed E-state index contributed by atoms with van der Waals surface area (Å²) >= 11 is 0. The Morgan fingerprint density at radius 2 is 2.29 bits per heavy atom. The summed E-state index contributed by atoms with van der Waals surface area (Å²) in [5.74, 6) is 0.387. The Morgan fingerprint density at radius 3 is 2.94 bits per heavy atom. The van der Waals surface area contributed by atoms with Crippen LogP contribution in [0.5, 0.6) is 5.88 Å². The molecule has 0 bridgehead atoms. The Morgan fingerprint density at radius 1 is 1.47 bits per heavy atom. The molecule has 1 aromatic heterocycles. The zero-order valence-electron chi connectivity index (χ0n) is 9.13. The number of halogens is 3. The van der Waals surface area contributed by atoms with Gasteiger partial charge in [0.2, 0.25) is 5.88 Å². The molecule has 1 aliphatic heterocycles. The third-order valence-corrected chi connectivity index (χ3v) is 2.69. The second-order valence-corrected chi connectivity index (χ2v) is 4.05. The lowest BCUT2D eigenvalue weighted by Gasteiger charge is -2.11. The molecule has 0 aliphatic carbocycles. The first-order chi connectivity index (χ1) is 8.05. The average molecular weight is 246 g/mol. The lowest BCUT2D eigenvalue weighted by atomic mass is 10.1. The van der Waals surface area contributed by atoms with Gasteiger partial charge in [0.15, 0.2) is 0 Å². The predicted octanol–water partition coefficient (Wildman–Crippen LogP) is 2.09. The SMILES string of the molecule is FC(F)(F)c1ccnc(OCC2CCNC2)c1. The van der Waals surface area contributed by atoms with E-state index in [-0.39, 0.29) is 5.88 Å². The highest BCUT2D eigenvalue weighted by Gasteiger charge is 2.31. The maximum atomic E-state index is 12.4. The van der Waals surface area contributed by atoms with E-state index in [1.807, 2.05) is 0 Å². The second-order valence-electron chi connectivity index (χ2n) is 4.05. The van der Waals surface area contributed by atoms with Gasteiger partial charge in [-0.25, -0.2) is 4.98 Å². The van der Waals surface area contributed by atoms with Gasteiger partial charge >= 0.3 is 6.18 Å². The number of hydrogen-bond acceptors (Lipinski definition) is 3. The number of aromatic nitrogens is 1. The Bertz CT molecular complexity index is 375. The molecule has 1 atom stereocenters. The molecular formula is C11H13F3N2O. The first kappa shape index (κ1) is 12.2. The number of rotatable bonds is 3. The Hall–Kier alpha value is -1.30. The van der Waals surface area contributed by atoms with Crippen molar-refractivity contribution < 1.29 is 17.9 Å². The summed E-state index contributed by atoms with van der Waals surface area (Å²) in [6, 6.07) is 1.87. The highest BCUT2D eigenvalue weighted by atomic mass is 19.4. The van der Waals surface area contributed by atoms with Crippen LogP contribution in [0.15, 0.2) is 18.3 Å². The summed E-state index contributed by atoms with van der Waals surface area (Å²) in [7, 11) is 0. The maximum Gasteiger partial charge on any atom is 0.416 e. The molecule has 1 unspecified atom stereocenters. The Labute approximate surface area is 97.0 Å². The first-order valence-corrected chi connectivity index (χ1v) is 5.42. The van der Waals surface area contributed by atoms with Crippen molar-refractivity contribution >= 4 is 0 Å². The van der Waals surface area contributed by atoms with Gasteiger partial charge in [0.1, 0.15) is 0 Å². The van der Waals surface area contributed by atoms with Crippen molar-refractivity contribution in [3.63, 3.8) is 0 Å². The quantitative estimate of drug-likeness (QED) is 0.886. The minimum atomic E-state index is -4.35. The van der Waals surface area contributed by atoms with Crippen LogP contribution in [0.25, 0.3) is 0 Å². The number of pyridine rings is 1. The summed E-state index contributed by atoms with van der Waals surface area (Å²) in [6.07, 6.45) is -2.25. The highest BCUT2D eigenvalue weighted by molar-refractivity contribution is 5.22. The third kappa shape index (κ3) is 3.33. The van der Waals surface area contributed by atoms with Crippen LogP contribution in [-0.4, -0.2) is 24.7 Å². The third-order valence-electron chi connectivity index (χ3n) is 2.69. The van der Waals surface area contributed by atoms with E-state index >= 15 is 0 Å². The summed E-state index contributed by atoms with van der Waals surface area (Å²) in [6.45, 7) is 2.18. The van der Waals surface area contributed by atoms with Crippen LogP contribution in [0, 0.1) is 5.92 Å². The van der Waals surface area contributed by atoms with E-state index in [1.165, 1.54) is 0 Å². The first-order valence-electron chi connectivity index (χ1n) is 5.42. The smallest absolute Gasteiger partial charge is 0.416 e. The van der Waals surface area contributed by atoms with Crippen LogP contribution in [0.2, 0.25) is 0 Å². The molecule has 0 saturated carbocycles. The molecule has 0 spiro atoms. The fourth-order valence-corrected chi connectivity index (χ4v) is 1.72. The minimum absolute atomic E-state index is 0.0340. The van der Waals surface area contributed by atoms with Gasteiger partial charge in [0.05, 0.1) is 12.2 Å². The van der Waals surface area contributed by atoms with Gasteiger partial charge in [-0.2, -0.15) is 13.2 Å². The van der Waals surface area contributed by atoms with Crippen molar-refractivity contribution in [2.45, 2.75) is 12.6 Å². The normalized spacial score (nSPS) is 20.5. The Balaban J connectivity index is 1.96. The summed E-state index contributed by atoms with van der Waals surface area (Å²) in [5, 5.41) is 3.16. The molecule has 1 aromatic rings. The highest BCUT2D eigenvalue weighted by Crippen LogP contribution is 2.30. The van der Waals surface area contributed by atoms with E-state index < -0.39 is 11.7 Å². The van der Waals surface area contributed by atoms with Gasteiger partial charge in [0.25, 0.3) is 0 Å².